The molecule has 0 spiro atoms. The van der Waals surface area contributed by atoms with Gasteiger partial charge in [-0.25, -0.2) is 9.78 Å². The Morgan fingerprint density at radius 2 is 1.88 bits per heavy atom. The molecule has 0 radical (unpaired) electrons. The number of likely N-dealkylation sites (tertiary alicyclic amines) is 1. The highest BCUT2D eigenvalue weighted by atomic mass is 16.2. The Balaban J connectivity index is 1.55. The second-order valence-electron chi connectivity index (χ2n) is 5.77. The van der Waals surface area contributed by atoms with Crippen molar-refractivity contribution in [2.45, 2.75) is 18.9 Å². The molecule has 1 aliphatic rings. The van der Waals surface area contributed by atoms with Crippen LogP contribution in [-0.4, -0.2) is 41.0 Å². The first kappa shape index (κ1) is 16.0. The van der Waals surface area contributed by atoms with Crippen LogP contribution in [0.25, 0.3) is 0 Å². The first-order chi connectivity index (χ1) is 11.7. The fraction of sp³-hybridized carbons (Fsp3) is 0.278. The Kier molecular flexibility index (Phi) is 5.05. The predicted molar refractivity (Wildman–Crippen MR) is 91.8 cm³/mol. The van der Waals surface area contributed by atoms with Crippen molar-refractivity contribution in [1.29, 1.82) is 0 Å². The molecule has 124 valence electrons. The molecule has 6 heteroatoms. The lowest BCUT2D eigenvalue weighted by Gasteiger charge is -2.33. The average molecular weight is 324 g/mol. The Bertz CT molecular complexity index is 691. The topological polar surface area (TPSA) is 74.3 Å². The molecule has 1 atom stereocenters. The summed E-state index contributed by atoms with van der Waals surface area (Å²) < 4.78 is 0. The molecule has 0 bridgehead atoms. The number of benzene rings is 1. The van der Waals surface area contributed by atoms with Crippen LogP contribution in [0.1, 0.15) is 23.2 Å². The van der Waals surface area contributed by atoms with Gasteiger partial charge in [-0.3, -0.25) is 10.1 Å². The van der Waals surface area contributed by atoms with Crippen LogP contribution in [-0.2, 0) is 0 Å². The number of hydrogen-bond acceptors (Lipinski definition) is 3. The molecule has 3 rings (SSSR count). The standard InChI is InChI=1S/C18H20N4O2/c23-17(14-7-2-1-3-8-14)22-12-6-9-15(13-22)20-18(24)21-16-10-4-5-11-19-16/h1-5,7-8,10-11,15H,6,9,12-13H2,(H2,19,20,21,24). The van der Waals surface area contributed by atoms with E-state index >= 15 is 0 Å². The molecule has 1 aromatic heterocycles. The van der Waals surface area contributed by atoms with Crippen molar-refractivity contribution in [2.24, 2.45) is 0 Å². The quantitative estimate of drug-likeness (QED) is 0.911. The van der Waals surface area contributed by atoms with Crippen molar-refractivity contribution in [2.75, 3.05) is 18.4 Å². The first-order valence-corrected chi connectivity index (χ1v) is 8.05. The molecular formula is C18H20N4O2. The Hall–Kier alpha value is -2.89. The van der Waals surface area contributed by atoms with Crippen molar-refractivity contribution < 1.29 is 9.59 Å². The van der Waals surface area contributed by atoms with Crippen LogP contribution in [0.5, 0.6) is 0 Å². The monoisotopic (exact) mass is 324 g/mol. The van der Waals surface area contributed by atoms with E-state index in [1.165, 1.54) is 0 Å². The minimum Gasteiger partial charge on any atom is -0.337 e. The fourth-order valence-corrected chi connectivity index (χ4v) is 2.82. The number of carbonyl (C=O) groups is 2. The third-order valence-corrected chi connectivity index (χ3v) is 3.97. The number of amides is 3. The van der Waals surface area contributed by atoms with Crippen LogP contribution in [0.4, 0.5) is 10.6 Å². The summed E-state index contributed by atoms with van der Waals surface area (Å²) in [6.07, 6.45) is 3.35. The number of nitrogens with zero attached hydrogens (tertiary/aromatic N) is 2. The zero-order valence-corrected chi connectivity index (χ0v) is 13.3. The number of pyridine rings is 1. The van der Waals surface area contributed by atoms with Crippen LogP contribution >= 0.6 is 0 Å². The van der Waals surface area contributed by atoms with Crippen LogP contribution < -0.4 is 10.6 Å². The van der Waals surface area contributed by atoms with E-state index in [1.807, 2.05) is 36.4 Å². The molecule has 1 aromatic carbocycles. The zero-order valence-electron chi connectivity index (χ0n) is 13.3. The van der Waals surface area contributed by atoms with Crippen molar-refractivity contribution >= 4 is 17.8 Å². The summed E-state index contributed by atoms with van der Waals surface area (Å²) in [6, 6.07) is 14.2. The second-order valence-corrected chi connectivity index (χ2v) is 5.77. The maximum atomic E-state index is 12.5. The van der Waals surface area contributed by atoms with E-state index in [9.17, 15) is 9.59 Å². The summed E-state index contributed by atoms with van der Waals surface area (Å²) in [5.41, 5.74) is 0.677. The molecule has 24 heavy (non-hydrogen) atoms. The molecule has 0 aliphatic carbocycles. The van der Waals surface area contributed by atoms with E-state index in [0.29, 0.717) is 24.5 Å². The van der Waals surface area contributed by atoms with Gasteiger partial charge in [0.1, 0.15) is 5.82 Å². The third kappa shape index (κ3) is 4.10. The van der Waals surface area contributed by atoms with Crippen LogP contribution in [0.15, 0.2) is 54.7 Å². The molecule has 1 saturated heterocycles. The normalized spacial score (nSPS) is 17.2. The number of rotatable bonds is 3. The summed E-state index contributed by atoms with van der Waals surface area (Å²) >= 11 is 0. The van der Waals surface area contributed by atoms with E-state index in [2.05, 4.69) is 15.6 Å². The fourth-order valence-electron chi connectivity index (χ4n) is 2.82. The molecule has 3 amide bonds. The predicted octanol–water partition coefficient (Wildman–Crippen LogP) is 2.51. The lowest BCUT2D eigenvalue weighted by atomic mass is 10.0. The molecule has 1 aliphatic heterocycles. The minimum absolute atomic E-state index is 0.00670. The molecule has 0 saturated carbocycles. The number of nitrogens with one attached hydrogen (secondary N) is 2. The van der Waals surface area contributed by atoms with Gasteiger partial charge in [0, 0.05) is 30.9 Å². The van der Waals surface area contributed by atoms with Gasteiger partial charge in [-0.2, -0.15) is 0 Å². The molecule has 2 aromatic rings. The first-order valence-electron chi connectivity index (χ1n) is 8.05. The van der Waals surface area contributed by atoms with Crippen LogP contribution in [0.2, 0.25) is 0 Å². The Morgan fingerprint density at radius 1 is 1.08 bits per heavy atom. The van der Waals surface area contributed by atoms with Gasteiger partial charge in [0.05, 0.1) is 0 Å². The van der Waals surface area contributed by atoms with Crippen molar-refractivity contribution in [3.05, 3.63) is 60.3 Å². The molecular weight excluding hydrogens is 304 g/mol. The van der Waals surface area contributed by atoms with E-state index in [4.69, 9.17) is 0 Å². The van der Waals surface area contributed by atoms with Crippen molar-refractivity contribution in [1.82, 2.24) is 15.2 Å². The smallest absolute Gasteiger partial charge is 0.320 e. The molecule has 1 unspecified atom stereocenters. The second kappa shape index (κ2) is 7.59. The minimum atomic E-state index is -0.298. The van der Waals surface area contributed by atoms with Crippen LogP contribution in [0, 0.1) is 0 Å². The van der Waals surface area contributed by atoms with E-state index < -0.39 is 0 Å². The molecule has 1 fully saturated rings. The van der Waals surface area contributed by atoms with Gasteiger partial charge in [-0.05, 0) is 37.1 Å². The highest BCUT2D eigenvalue weighted by molar-refractivity contribution is 5.94. The number of aromatic nitrogens is 1. The summed E-state index contributed by atoms with van der Waals surface area (Å²) in [7, 11) is 0. The summed E-state index contributed by atoms with van der Waals surface area (Å²) in [5.74, 6) is 0.510. The van der Waals surface area contributed by atoms with Gasteiger partial charge < -0.3 is 10.2 Å². The van der Waals surface area contributed by atoms with Gasteiger partial charge >= 0.3 is 6.03 Å². The number of carbonyl (C=O) groups excluding carboxylic acids is 2. The average Bonchev–Trinajstić information content (AvgIpc) is 2.63. The summed E-state index contributed by atoms with van der Waals surface area (Å²) in [6.45, 7) is 1.23. The number of anilines is 1. The van der Waals surface area contributed by atoms with Gasteiger partial charge in [0.2, 0.25) is 0 Å². The summed E-state index contributed by atoms with van der Waals surface area (Å²) in [4.78, 5) is 30.4. The Labute approximate surface area is 140 Å². The van der Waals surface area contributed by atoms with Gasteiger partial charge in [0.15, 0.2) is 0 Å². The SMILES string of the molecule is O=C(Nc1ccccn1)NC1CCCN(C(=O)c2ccccc2)C1. The van der Waals surface area contributed by atoms with Crippen molar-refractivity contribution in [3.8, 4) is 0 Å². The Morgan fingerprint density at radius 3 is 2.62 bits per heavy atom. The maximum Gasteiger partial charge on any atom is 0.320 e. The van der Waals surface area contributed by atoms with Crippen LogP contribution in [0.3, 0.4) is 0 Å². The van der Waals surface area contributed by atoms with Gasteiger partial charge in [-0.15, -0.1) is 0 Å². The van der Waals surface area contributed by atoms with E-state index in [1.54, 1.807) is 23.2 Å². The van der Waals surface area contributed by atoms with Crippen molar-refractivity contribution in [3.63, 3.8) is 0 Å². The molecule has 2 N–H and O–H groups in total. The zero-order chi connectivity index (χ0) is 16.8. The van der Waals surface area contributed by atoms with E-state index in [-0.39, 0.29) is 18.0 Å². The number of hydrogen-bond donors (Lipinski definition) is 2. The maximum absolute atomic E-state index is 12.5. The lowest BCUT2D eigenvalue weighted by molar-refractivity contribution is 0.0698. The summed E-state index contributed by atoms with van der Waals surface area (Å²) in [5, 5.41) is 5.62. The number of urea groups is 1. The molecule has 6 nitrogen and oxygen atoms in total. The van der Waals surface area contributed by atoms with E-state index in [0.717, 1.165) is 12.8 Å². The van der Waals surface area contributed by atoms with Gasteiger partial charge in [-0.1, -0.05) is 24.3 Å². The number of piperidine rings is 1. The molecule has 2 heterocycles. The largest absolute Gasteiger partial charge is 0.337 e. The highest BCUT2D eigenvalue weighted by Gasteiger charge is 2.25. The third-order valence-electron chi connectivity index (χ3n) is 3.97. The van der Waals surface area contributed by atoms with Gasteiger partial charge in [0.25, 0.3) is 5.91 Å². The highest BCUT2D eigenvalue weighted by Crippen LogP contribution is 2.14. The lowest BCUT2D eigenvalue weighted by Crippen LogP contribution is -2.50.